The summed E-state index contributed by atoms with van der Waals surface area (Å²) in [4.78, 5) is 42.9. The molecule has 0 bridgehead atoms. The lowest BCUT2D eigenvalue weighted by atomic mass is 9.98. The van der Waals surface area contributed by atoms with E-state index in [0.29, 0.717) is 30.6 Å². The highest BCUT2D eigenvalue weighted by Crippen LogP contribution is 2.25. The smallest absolute Gasteiger partial charge is 0.408 e. The molecule has 0 aliphatic rings. The molecule has 2 aromatic carbocycles. The van der Waals surface area contributed by atoms with Crippen molar-refractivity contribution in [3.05, 3.63) is 65.2 Å². The number of phenols is 1. The average molecular weight is 592 g/mol. The lowest BCUT2D eigenvalue weighted by Gasteiger charge is -2.35. The lowest BCUT2D eigenvalue weighted by molar-refractivity contribution is -0.142. The van der Waals surface area contributed by atoms with Crippen molar-refractivity contribution in [3.63, 3.8) is 0 Å². The van der Waals surface area contributed by atoms with Gasteiger partial charge in [-0.1, -0.05) is 76.1 Å². The van der Waals surface area contributed by atoms with Crippen molar-refractivity contribution in [2.75, 3.05) is 13.1 Å². The molecule has 0 spiro atoms. The third-order valence-corrected chi connectivity index (χ3v) is 6.93. The number of carbonyl (C=O) groups excluding carboxylic acids is 3. The summed E-state index contributed by atoms with van der Waals surface area (Å²) in [5.41, 5.74) is 1.27. The third kappa shape index (κ3) is 12.4. The minimum Gasteiger partial charge on any atom is -0.508 e. The Morgan fingerprint density at radius 3 is 2.14 bits per heavy atom. The van der Waals surface area contributed by atoms with Crippen LogP contribution in [-0.4, -0.2) is 52.6 Å². The summed E-state index contributed by atoms with van der Waals surface area (Å²) in [6.07, 6.45) is 11.4. The normalized spacial score (nSPS) is 12.5. The summed E-state index contributed by atoms with van der Waals surface area (Å²) in [5.74, 6) is 2.02. The monoisotopic (exact) mass is 591 g/mol. The van der Waals surface area contributed by atoms with Gasteiger partial charge in [-0.2, -0.15) is 0 Å². The van der Waals surface area contributed by atoms with Crippen molar-refractivity contribution < 1.29 is 24.2 Å². The minimum absolute atomic E-state index is 0.0968. The van der Waals surface area contributed by atoms with Gasteiger partial charge < -0.3 is 25.4 Å². The lowest BCUT2D eigenvalue weighted by Crippen LogP contribution is -2.54. The number of ether oxygens (including phenoxy) is 1. The number of aromatic hydroxyl groups is 1. The number of alkyl carbamates (subject to hydrolysis) is 1. The molecule has 234 valence electrons. The van der Waals surface area contributed by atoms with Crippen LogP contribution in [0.1, 0.15) is 102 Å². The van der Waals surface area contributed by atoms with Crippen LogP contribution in [0.2, 0.25) is 0 Å². The van der Waals surface area contributed by atoms with Crippen molar-refractivity contribution in [3.8, 4) is 18.1 Å². The Balaban J connectivity index is 2.54. The summed E-state index contributed by atoms with van der Waals surface area (Å²) in [6.45, 7) is 10.3. The molecule has 2 aromatic rings. The van der Waals surface area contributed by atoms with E-state index < -0.39 is 29.7 Å². The Hall–Kier alpha value is -3.99. The van der Waals surface area contributed by atoms with Gasteiger partial charge in [0.1, 0.15) is 23.4 Å². The van der Waals surface area contributed by atoms with E-state index in [1.54, 1.807) is 62.1 Å². The average Bonchev–Trinajstić information content (AvgIpc) is 2.96. The van der Waals surface area contributed by atoms with Gasteiger partial charge in [0, 0.05) is 25.1 Å². The van der Waals surface area contributed by atoms with E-state index in [2.05, 4.69) is 30.4 Å². The first-order valence-corrected chi connectivity index (χ1v) is 15.4. The van der Waals surface area contributed by atoms with Crippen LogP contribution >= 0.6 is 0 Å². The zero-order valence-corrected chi connectivity index (χ0v) is 26.4. The predicted molar refractivity (Wildman–Crippen MR) is 170 cm³/mol. The first kappa shape index (κ1) is 35.2. The Morgan fingerprint density at radius 1 is 0.930 bits per heavy atom. The number of terminal acetylenes is 1. The summed E-state index contributed by atoms with van der Waals surface area (Å²) < 4.78 is 5.50. The molecule has 3 N–H and O–H groups in total. The van der Waals surface area contributed by atoms with Gasteiger partial charge in [0.2, 0.25) is 11.8 Å². The number of carbonyl (C=O) groups is 3. The van der Waals surface area contributed by atoms with E-state index >= 15 is 0 Å². The fourth-order valence-corrected chi connectivity index (χ4v) is 4.71. The highest BCUT2D eigenvalue weighted by atomic mass is 16.6. The Labute approximate surface area is 257 Å². The molecule has 8 heteroatoms. The van der Waals surface area contributed by atoms with Gasteiger partial charge >= 0.3 is 6.09 Å². The molecule has 0 saturated heterocycles. The molecule has 0 aromatic heterocycles. The number of rotatable bonds is 16. The molecule has 0 saturated carbocycles. The van der Waals surface area contributed by atoms with Crippen LogP contribution in [-0.2, 0) is 20.7 Å². The van der Waals surface area contributed by atoms with Crippen LogP contribution in [0.25, 0.3) is 0 Å². The third-order valence-electron chi connectivity index (χ3n) is 6.93. The highest BCUT2D eigenvalue weighted by Gasteiger charge is 2.36. The van der Waals surface area contributed by atoms with E-state index in [1.807, 2.05) is 0 Å². The number of nitrogens with one attached hydrogen (secondary N) is 2. The van der Waals surface area contributed by atoms with Gasteiger partial charge in [0.15, 0.2) is 0 Å². The van der Waals surface area contributed by atoms with Crippen LogP contribution in [0.5, 0.6) is 5.75 Å². The topological polar surface area (TPSA) is 108 Å². The van der Waals surface area contributed by atoms with Gasteiger partial charge in [0.05, 0.1) is 0 Å². The molecule has 0 aliphatic carbocycles. The molecule has 0 aliphatic heterocycles. The van der Waals surface area contributed by atoms with Gasteiger partial charge in [-0.15, -0.1) is 6.42 Å². The highest BCUT2D eigenvalue weighted by molar-refractivity contribution is 5.92. The number of hydrogen-bond donors (Lipinski definition) is 3. The van der Waals surface area contributed by atoms with E-state index in [-0.39, 0.29) is 18.1 Å². The summed E-state index contributed by atoms with van der Waals surface area (Å²) in [5, 5.41) is 15.6. The molecule has 2 rings (SSSR count). The molecule has 8 nitrogen and oxygen atoms in total. The molecule has 0 fully saturated rings. The number of hydrogen-bond acceptors (Lipinski definition) is 5. The second-order valence-electron chi connectivity index (χ2n) is 11.8. The Morgan fingerprint density at radius 2 is 1.56 bits per heavy atom. The van der Waals surface area contributed by atoms with Crippen LogP contribution in [0.4, 0.5) is 4.79 Å². The molecule has 0 heterocycles. The van der Waals surface area contributed by atoms with Gasteiger partial charge in [-0.3, -0.25) is 9.59 Å². The van der Waals surface area contributed by atoms with Gasteiger partial charge in [0.25, 0.3) is 0 Å². The first-order chi connectivity index (χ1) is 20.5. The van der Waals surface area contributed by atoms with Crippen molar-refractivity contribution in [1.29, 1.82) is 0 Å². The van der Waals surface area contributed by atoms with Crippen molar-refractivity contribution in [1.82, 2.24) is 15.5 Å². The van der Waals surface area contributed by atoms with Gasteiger partial charge in [-0.05, 0) is 69.0 Å². The second-order valence-corrected chi connectivity index (χ2v) is 11.8. The fraction of sp³-hybridized carbons (Fsp3) is 0.514. The van der Waals surface area contributed by atoms with Crippen molar-refractivity contribution >= 4 is 17.9 Å². The van der Waals surface area contributed by atoms with E-state index in [1.165, 1.54) is 12.1 Å². The number of nitrogens with zero attached hydrogens (tertiary/aromatic N) is 1. The zero-order valence-electron chi connectivity index (χ0n) is 26.4. The van der Waals surface area contributed by atoms with Crippen LogP contribution in [0.15, 0.2) is 48.5 Å². The molecule has 3 amide bonds. The Bertz CT molecular complexity index is 1200. The predicted octanol–water partition coefficient (Wildman–Crippen LogP) is 6.27. The SMILES string of the molecule is C#Cc1ccc(C(C(=O)NCCCCC)N(CCCCCC)C(=O)C(Cc2ccc(O)cc2)NC(=O)OC(C)(C)C)cc1. The van der Waals surface area contributed by atoms with Crippen molar-refractivity contribution in [2.24, 2.45) is 0 Å². The summed E-state index contributed by atoms with van der Waals surface area (Å²) >= 11 is 0. The summed E-state index contributed by atoms with van der Waals surface area (Å²) in [7, 11) is 0. The molecule has 0 radical (unpaired) electrons. The molecule has 2 atom stereocenters. The zero-order chi connectivity index (χ0) is 31.8. The van der Waals surface area contributed by atoms with E-state index in [9.17, 15) is 19.5 Å². The molecule has 2 unspecified atom stereocenters. The molecular weight excluding hydrogens is 542 g/mol. The largest absolute Gasteiger partial charge is 0.508 e. The quantitative estimate of drug-likeness (QED) is 0.158. The minimum atomic E-state index is -1.02. The van der Waals surface area contributed by atoms with Gasteiger partial charge in [-0.25, -0.2) is 4.79 Å². The number of amides is 3. The van der Waals surface area contributed by atoms with Crippen LogP contribution in [0.3, 0.4) is 0 Å². The number of benzene rings is 2. The number of phenolic OH excluding ortho intramolecular Hbond substituents is 1. The molecule has 43 heavy (non-hydrogen) atoms. The number of unbranched alkanes of at least 4 members (excludes halogenated alkanes) is 5. The first-order valence-electron chi connectivity index (χ1n) is 15.4. The maximum absolute atomic E-state index is 14.5. The van der Waals surface area contributed by atoms with E-state index in [0.717, 1.165) is 44.1 Å². The summed E-state index contributed by atoms with van der Waals surface area (Å²) in [6, 6.07) is 11.6. The van der Waals surface area contributed by atoms with Crippen molar-refractivity contribution in [2.45, 2.75) is 104 Å². The molecular formula is C35H49N3O5. The maximum Gasteiger partial charge on any atom is 0.408 e. The standard InChI is InChI=1S/C35H49N3O5/c1-7-10-12-14-24-38(31(32(40)36-23-13-11-8-2)28-19-15-26(9-3)16-20-28)33(41)30(37-34(42)43-35(4,5)6)25-27-17-21-29(39)22-18-27/h3,15-22,30-31,39H,7-8,10-14,23-25H2,1-2,4-6H3,(H,36,40)(H,37,42). The second kappa shape index (κ2) is 17.8. The van der Waals surface area contributed by atoms with E-state index in [4.69, 9.17) is 11.2 Å². The maximum atomic E-state index is 14.5. The van der Waals surface area contributed by atoms with Crippen LogP contribution < -0.4 is 10.6 Å². The van der Waals surface area contributed by atoms with Crippen LogP contribution in [0, 0.1) is 12.3 Å². The Kier molecular flexibility index (Phi) is 14.6. The fourth-order valence-electron chi connectivity index (χ4n) is 4.71.